The number of aromatic nitrogens is 4. The molecule has 0 radical (unpaired) electrons. The van der Waals surface area contributed by atoms with Crippen molar-refractivity contribution in [1.29, 1.82) is 0 Å². The van der Waals surface area contributed by atoms with Crippen LogP contribution in [0.5, 0.6) is 0 Å². The Balaban J connectivity index is 0.000000311. The van der Waals surface area contributed by atoms with Crippen LogP contribution in [0.3, 0.4) is 0 Å². The summed E-state index contributed by atoms with van der Waals surface area (Å²) >= 11 is 1.48. The number of anilines is 1. The predicted octanol–water partition coefficient (Wildman–Crippen LogP) is -1.01. The zero-order valence-electron chi connectivity index (χ0n) is 17.1. The second-order valence-electron chi connectivity index (χ2n) is 6.49. The number of carbonyl (C=O) groups is 2. The number of hydrogen-bond acceptors (Lipinski definition) is 11. The average molecular weight is 515 g/mol. The number of nitrogens with one attached hydrogen (secondary N) is 1. The third-order valence-electron chi connectivity index (χ3n) is 3.03. The lowest BCUT2D eigenvalue weighted by atomic mass is 10.2. The maximum Gasteiger partial charge on any atom is 0.267 e. The van der Waals surface area contributed by atoms with E-state index in [1.165, 1.54) is 11.7 Å². The number of hydrogen-bond donors (Lipinski definition) is 3. The molecule has 0 aliphatic rings. The second kappa shape index (κ2) is 10.5. The fourth-order valence-corrected chi connectivity index (χ4v) is 4.28. The Bertz CT molecular complexity index is 1220. The first kappa shape index (κ1) is 26.9. The third kappa shape index (κ3) is 8.50. The highest BCUT2D eigenvalue weighted by Crippen LogP contribution is 2.18. The van der Waals surface area contributed by atoms with Crippen molar-refractivity contribution in [1.82, 2.24) is 20.0 Å². The van der Waals surface area contributed by atoms with Crippen molar-refractivity contribution in [2.24, 2.45) is 34.2 Å². The van der Waals surface area contributed by atoms with Crippen LogP contribution >= 0.6 is 22.7 Å². The highest BCUT2D eigenvalue weighted by Gasteiger charge is 2.17. The first-order valence-electron chi connectivity index (χ1n) is 8.35. The van der Waals surface area contributed by atoms with Gasteiger partial charge in [-0.1, -0.05) is 50.4 Å². The summed E-state index contributed by atoms with van der Waals surface area (Å²) in [6, 6.07) is 0. The van der Waals surface area contributed by atoms with Crippen LogP contribution in [0.15, 0.2) is 13.7 Å². The molecule has 0 bridgehead atoms. The summed E-state index contributed by atoms with van der Waals surface area (Å²) in [5.41, 5.74) is 0. The molecule has 2 rings (SSSR count). The molecule has 18 heteroatoms. The molecule has 0 atom stereocenters. The Morgan fingerprint density at radius 2 is 1.52 bits per heavy atom. The van der Waals surface area contributed by atoms with Crippen molar-refractivity contribution in [3.63, 3.8) is 0 Å². The number of rotatable bonds is 5. The summed E-state index contributed by atoms with van der Waals surface area (Å²) in [6.45, 7) is 6.81. The van der Waals surface area contributed by atoms with Crippen LogP contribution in [0.25, 0.3) is 0 Å². The van der Waals surface area contributed by atoms with Crippen LogP contribution < -0.4 is 20.4 Å². The molecule has 0 aromatic carbocycles. The molecule has 2 aromatic heterocycles. The number of aryl methyl sites for hydroxylation is 1. The maximum atomic E-state index is 11.3. The number of nitrogens with two attached hydrogens (primary N) is 2. The number of primary sulfonamides is 2. The first-order chi connectivity index (χ1) is 14.0. The third-order valence-corrected chi connectivity index (χ3v) is 7.49. The molecule has 0 fully saturated rings. The molecule has 0 spiro atoms. The molecule has 14 nitrogen and oxygen atoms in total. The van der Waals surface area contributed by atoms with E-state index in [1.807, 2.05) is 0 Å². The van der Waals surface area contributed by atoms with Crippen molar-refractivity contribution in [3.8, 4) is 0 Å². The van der Waals surface area contributed by atoms with Gasteiger partial charge < -0.3 is 5.32 Å². The van der Waals surface area contributed by atoms with Gasteiger partial charge in [-0.15, -0.1) is 15.3 Å². The lowest BCUT2D eigenvalue weighted by molar-refractivity contribution is -0.121. The lowest BCUT2D eigenvalue weighted by Gasteiger charge is -2.02. The molecule has 0 aliphatic carbocycles. The largest absolute Gasteiger partial charge is 0.300 e. The van der Waals surface area contributed by atoms with E-state index in [4.69, 9.17) is 10.3 Å². The second-order valence-corrected chi connectivity index (χ2v) is 11.9. The van der Waals surface area contributed by atoms with Crippen LogP contribution in [0.1, 0.15) is 27.7 Å². The predicted molar refractivity (Wildman–Crippen MR) is 113 cm³/mol. The zero-order chi connectivity index (χ0) is 24.1. The van der Waals surface area contributed by atoms with E-state index >= 15 is 0 Å². The Morgan fingerprint density at radius 1 is 0.968 bits per heavy atom. The Kier molecular flexibility index (Phi) is 9.08. The molecule has 31 heavy (non-hydrogen) atoms. The van der Waals surface area contributed by atoms with Gasteiger partial charge in [0.15, 0.2) is 0 Å². The van der Waals surface area contributed by atoms with Gasteiger partial charge in [0.1, 0.15) is 0 Å². The Hall–Kier alpha value is -2.12. The fourth-order valence-electron chi connectivity index (χ4n) is 1.39. The number of carbonyl (C=O) groups excluding carboxylic acids is 2. The van der Waals surface area contributed by atoms with E-state index in [2.05, 4.69) is 25.6 Å². The van der Waals surface area contributed by atoms with Crippen LogP contribution in [0, 0.1) is 11.8 Å². The van der Waals surface area contributed by atoms with Gasteiger partial charge in [-0.05, 0) is 0 Å². The minimum atomic E-state index is -3.85. The minimum absolute atomic E-state index is 0.123. The highest BCUT2D eigenvalue weighted by molar-refractivity contribution is 7.91. The molecule has 2 heterocycles. The van der Waals surface area contributed by atoms with E-state index in [0.717, 1.165) is 22.7 Å². The molecule has 2 amide bonds. The van der Waals surface area contributed by atoms with Crippen LogP contribution in [0.2, 0.25) is 0 Å². The molecule has 174 valence electrons. The minimum Gasteiger partial charge on any atom is -0.300 e. The lowest BCUT2D eigenvalue weighted by Crippen LogP contribution is -2.17. The molecular weight excluding hydrogens is 492 g/mol. The summed E-state index contributed by atoms with van der Waals surface area (Å²) in [5.74, 6) is -1.06. The van der Waals surface area contributed by atoms with Gasteiger partial charge in [-0.25, -0.2) is 31.8 Å². The van der Waals surface area contributed by atoms with Gasteiger partial charge in [0.25, 0.3) is 26.0 Å². The van der Waals surface area contributed by atoms with Gasteiger partial charge in [0.2, 0.25) is 24.5 Å². The first-order valence-corrected chi connectivity index (χ1v) is 13.1. The van der Waals surface area contributed by atoms with E-state index in [-0.39, 0.29) is 42.3 Å². The van der Waals surface area contributed by atoms with Crippen molar-refractivity contribution in [2.75, 3.05) is 5.32 Å². The standard InChI is InChI=1S/C7H12N4O3S2.C6H10N4O3S2/c1-4(2)5(12)9-6-11(3)10-7(15-6)16(8,13)14;1-3(2)4(11)8-5-9-10-6(14-5)15(7,12)13/h4H,1-3H3,(H2,8,13,14);3H,1-2H3,(H2,7,12,13)(H,8,9,11). The zero-order valence-corrected chi connectivity index (χ0v) is 20.4. The van der Waals surface area contributed by atoms with Gasteiger partial charge in [0, 0.05) is 18.9 Å². The van der Waals surface area contributed by atoms with Gasteiger partial charge >= 0.3 is 0 Å². The van der Waals surface area contributed by atoms with E-state index in [0.29, 0.717) is 0 Å². The molecule has 0 unspecified atom stereocenters. The molecule has 2 aromatic rings. The molecule has 0 aliphatic heterocycles. The topological polar surface area (TPSA) is 222 Å². The smallest absolute Gasteiger partial charge is 0.267 e. The Labute approximate surface area is 186 Å². The molecule has 0 saturated heterocycles. The summed E-state index contributed by atoms with van der Waals surface area (Å²) in [4.78, 5) is 26.5. The maximum absolute atomic E-state index is 11.3. The normalized spacial score (nSPS) is 12.6. The van der Waals surface area contributed by atoms with Gasteiger partial charge in [-0.2, -0.15) is 4.99 Å². The highest BCUT2D eigenvalue weighted by atomic mass is 32.3. The Morgan fingerprint density at radius 3 is 1.90 bits per heavy atom. The summed E-state index contributed by atoms with van der Waals surface area (Å²) in [7, 11) is -6.19. The molecular formula is C13H22N8O6S4. The number of amides is 2. The average Bonchev–Trinajstić information content (AvgIpc) is 3.22. The van der Waals surface area contributed by atoms with E-state index in [1.54, 1.807) is 27.7 Å². The molecule has 0 saturated carbocycles. The monoisotopic (exact) mass is 514 g/mol. The van der Waals surface area contributed by atoms with Crippen LogP contribution in [-0.2, 0) is 36.7 Å². The summed E-state index contributed by atoms with van der Waals surface area (Å²) in [6.07, 6.45) is 0. The van der Waals surface area contributed by atoms with Crippen molar-refractivity contribution >= 4 is 59.7 Å². The fraction of sp³-hybridized carbons (Fsp3) is 0.538. The summed E-state index contributed by atoms with van der Waals surface area (Å²) in [5, 5.41) is 22.8. The SMILES string of the molecule is CC(C)C(=O)N=c1sc(S(N)(=O)=O)nn1C.CC(C)C(=O)Nc1nnc(S(N)(=O)=O)s1. The van der Waals surface area contributed by atoms with E-state index in [9.17, 15) is 26.4 Å². The van der Waals surface area contributed by atoms with Crippen molar-refractivity contribution in [2.45, 2.75) is 36.4 Å². The van der Waals surface area contributed by atoms with E-state index < -0.39 is 20.0 Å². The van der Waals surface area contributed by atoms with Crippen LogP contribution in [-0.4, -0.2) is 48.6 Å². The molecule has 5 N–H and O–H groups in total. The van der Waals surface area contributed by atoms with Gasteiger partial charge in [0.05, 0.1) is 0 Å². The van der Waals surface area contributed by atoms with Gasteiger partial charge in [-0.3, -0.25) is 9.59 Å². The number of nitrogens with zero attached hydrogens (tertiary/aromatic N) is 5. The van der Waals surface area contributed by atoms with Crippen LogP contribution in [0.4, 0.5) is 5.13 Å². The van der Waals surface area contributed by atoms with Crippen molar-refractivity contribution < 1.29 is 26.4 Å². The summed E-state index contributed by atoms with van der Waals surface area (Å²) < 4.78 is 44.3. The number of sulfonamides is 2. The quantitative estimate of drug-likeness (QED) is 0.415. The van der Waals surface area contributed by atoms with Crippen molar-refractivity contribution in [3.05, 3.63) is 4.80 Å².